The molecule has 1 aliphatic rings. The van der Waals surface area contributed by atoms with E-state index in [1.165, 1.54) is 4.68 Å². The van der Waals surface area contributed by atoms with E-state index in [9.17, 15) is 13.2 Å². The molecule has 20 heavy (non-hydrogen) atoms. The average Bonchev–Trinajstić information content (AvgIpc) is 2.64. The first-order chi connectivity index (χ1) is 9.34. The largest absolute Gasteiger partial charge is 0.395 e. The standard InChI is InChI=1S/C12H20N4O3S/c1-3-16-11(10(13)8(2)15-16)12(17)14-9-5-4-6-20(18,19)7-9/h9H,3-7,13H2,1-2H3,(H,14,17). The van der Waals surface area contributed by atoms with Crippen molar-refractivity contribution in [3.63, 3.8) is 0 Å². The number of nitrogens with zero attached hydrogens (tertiary/aromatic N) is 2. The minimum Gasteiger partial charge on any atom is -0.395 e. The third kappa shape index (κ3) is 2.95. The van der Waals surface area contributed by atoms with Crippen LogP contribution in [0.1, 0.15) is 35.9 Å². The summed E-state index contributed by atoms with van der Waals surface area (Å²) in [6.07, 6.45) is 1.25. The Labute approximate surface area is 118 Å². The summed E-state index contributed by atoms with van der Waals surface area (Å²) >= 11 is 0. The molecule has 0 aromatic carbocycles. The lowest BCUT2D eigenvalue weighted by Gasteiger charge is -2.23. The lowest BCUT2D eigenvalue weighted by atomic mass is 10.2. The second-order valence-corrected chi connectivity index (χ2v) is 7.32. The van der Waals surface area contributed by atoms with Crippen molar-refractivity contribution < 1.29 is 13.2 Å². The molecule has 1 aromatic heterocycles. The molecule has 3 N–H and O–H groups in total. The second kappa shape index (κ2) is 5.43. The molecule has 1 aliphatic heterocycles. The van der Waals surface area contributed by atoms with Crippen LogP contribution >= 0.6 is 0 Å². The highest BCUT2D eigenvalue weighted by molar-refractivity contribution is 7.91. The molecule has 1 fully saturated rings. The Bertz CT molecular complexity index is 621. The van der Waals surface area contributed by atoms with E-state index in [2.05, 4.69) is 10.4 Å². The average molecular weight is 300 g/mol. The molecule has 8 heteroatoms. The monoisotopic (exact) mass is 300 g/mol. The van der Waals surface area contributed by atoms with Gasteiger partial charge in [0.25, 0.3) is 5.91 Å². The fourth-order valence-electron chi connectivity index (χ4n) is 2.45. The molecule has 112 valence electrons. The Hall–Kier alpha value is -1.57. The number of hydrogen-bond donors (Lipinski definition) is 2. The molecule has 0 radical (unpaired) electrons. The van der Waals surface area contributed by atoms with Crippen LogP contribution in [0.4, 0.5) is 5.69 Å². The number of nitrogens with two attached hydrogens (primary N) is 1. The van der Waals surface area contributed by atoms with Gasteiger partial charge in [-0.15, -0.1) is 0 Å². The Morgan fingerprint density at radius 2 is 2.25 bits per heavy atom. The number of hydrogen-bond acceptors (Lipinski definition) is 5. The topological polar surface area (TPSA) is 107 Å². The van der Waals surface area contributed by atoms with Crippen molar-refractivity contribution in [2.24, 2.45) is 0 Å². The lowest BCUT2D eigenvalue weighted by Crippen LogP contribution is -2.43. The van der Waals surface area contributed by atoms with Gasteiger partial charge in [-0.2, -0.15) is 5.10 Å². The number of carbonyl (C=O) groups excluding carboxylic acids is 1. The first-order valence-electron chi connectivity index (χ1n) is 6.68. The summed E-state index contributed by atoms with van der Waals surface area (Å²) in [7, 11) is -3.05. The number of amides is 1. The van der Waals surface area contributed by atoms with Crippen LogP contribution in [0.3, 0.4) is 0 Å². The number of aromatic nitrogens is 2. The number of anilines is 1. The predicted octanol–water partition coefficient (Wildman–Crippen LogP) is 0.101. The predicted molar refractivity (Wildman–Crippen MR) is 76.2 cm³/mol. The maximum Gasteiger partial charge on any atom is 0.271 e. The Morgan fingerprint density at radius 3 is 2.85 bits per heavy atom. The molecular formula is C12H20N4O3S. The number of carbonyl (C=O) groups is 1. The summed E-state index contributed by atoms with van der Waals surface area (Å²) in [5.74, 6) is -0.155. The van der Waals surface area contributed by atoms with Crippen LogP contribution in [-0.2, 0) is 16.4 Å². The van der Waals surface area contributed by atoms with Gasteiger partial charge in [-0.1, -0.05) is 0 Å². The summed E-state index contributed by atoms with van der Waals surface area (Å²) < 4.78 is 24.7. The normalized spacial score (nSPS) is 21.6. The molecule has 1 amide bonds. The Kier molecular flexibility index (Phi) is 4.03. The van der Waals surface area contributed by atoms with Crippen molar-refractivity contribution in [1.29, 1.82) is 0 Å². The second-order valence-electron chi connectivity index (χ2n) is 5.09. The number of rotatable bonds is 3. The van der Waals surface area contributed by atoms with Crippen LogP contribution < -0.4 is 11.1 Å². The zero-order valence-electron chi connectivity index (χ0n) is 11.7. The van der Waals surface area contributed by atoms with Gasteiger partial charge in [0.15, 0.2) is 9.84 Å². The SMILES string of the molecule is CCn1nc(C)c(N)c1C(=O)NC1CCCS(=O)(=O)C1. The van der Waals surface area contributed by atoms with Gasteiger partial charge in [-0.05, 0) is 26.7 Å². The van der Waals surface area contributed by atoms with Gasteiger partial charge >= 0.3 is 0 Å². The summed E-state index contributed by atoms with van der Waals surface area (Å²) in [4.78, 5) is 12.3. The molecule has 7 nitrogen and oxygen atoms in total. The van der Waals surface area contributed by atoms with Gasteiger partial charge < -0.3 is 11.1 Å². The molecule has 2 rings (SSSR count). The van der Waals surface area contributed by atoms with E-state index in [0.29, 0.717) is 36.5 Å². The minimum atomic E-state index is -3.05. The van der Waals surface area contributed by atoms with E-state index >= 15 is 0 Å². The van der Waals surface area contributed by atoms with Gasteiger partial charge in [-0.3, -0.25) is 9.48 Å². The molecule has 1 atom stereocenters. The smallest absolute Gasteiger partial charge is 0.271 e. The first-order valence-corrected chi connectivity index (χ1v) is 8.50. The van der Waals surface area contributed by atoms with Crippen LogP contribution in [0.25, 0.3) is 0 Å². The molecule has 0 aliphatic carbocycles. The molecule has 0 bridgehead atoms. The Morgan fingerprint density at radius 1 is 1.55 bits per heavy atom. The fourth-order valence-corrected chi connectivity index (χ4v) is 4.09. The van der Waals surface area contributed by atoms with Crippen LogP contribution in [0, 0.1) is 6.92 Å². The van der Waals surface area contributed by atoms with Crippen molar-refractivity contribution >= 4 is 21.4 Å². The third-order valence-corrected chi connectivity index (χ3v) is 5.31. The van der Waals surface area contributed by atoms with Crippen LogP contribution in [0.15, 0.2) is 0 Å². The van der Waals surface area contributed by atoms with Gasteiger partial charge in [0, 0.05) is 12.6 Å². The molecular weight excluding hydrogens is 280 g/mol. The van der Waals surface area contributed by atoms with Crippen molar-refractivity contribution in [2.45, 2.75) is 39.3 Å². The summed E-state index contributed by atoms with van der Waals surface area (Å²) in [6.45, 7) is 4.14. The maximum atomic E-state index is 12.3. The van der Waals surface area contributed by atoms with Crippen LogP contribution in [0.5, 0.6) is 0 Å². The van der Waals surface area contributed by atoms with Crippen LogP contribution in [-0.4, -0.2) is 41.7 Å². The number of aryl methyl sites for hydroxylation is 2. The molecule has 1 aromatic rings. The molecule has 1 saturated heterocycles. The van der Waals surface area contributed by atoms with E-state index in [1.807, 2.05) is 6.92 Å². The quantitative estimate of drug-likeness (QED) is 0.823. The molecule has 0 spiro atoms. The van der Waals surface area contributed by atoms with Crippen molar-refractivity contribution in [3.05, 3.63) is 11.4 Å². The highest BCUT2D eigenvalue weighted by atomic mass is 32.2. The summed E-state index contributed by atoms with van der Waals surface area (Å²) in [6, 6.07) is -0.346. The minimum absolute atomic E-state index is 0.00209. The van der Waals surface area contributed by atoms with Crippen molar-refractivity contribution in [2.75, 3.05) is 17.2 Å². The van der Waals surface area contributed by atoms with Crippen molar-refractivity contribution in [3.8, 4) is 0 Å². The van der Waals surface area contributed by atoms with Crippen LogP contribution in [0.2, 0.25) is 0 Å². The lowest BCUT2D eigenvalue weighted by molar-refractivity contribution is 0.0928. The van der Waals surface area contributed by atoms with Gasteiger partial charge in [0.2, 0.25) is 0 Å². The van der Waals surface area contributed by atoms with Gasteiger partial charge in [0.05, 0.1) is 22.9 Å². The fraction of sp³-hybridized carbons (Fsp3) is 0.667. The zero-order chi connectivity index (χ0) is 14.9. The zero-order valence-corrected chi connectivity index (χ0v) is 12.5. The van der Waals surface area contributed by atoms with Gasteiger partial charge in [0.1, 0.15) is 5.69 Å². The molecule has 0 saturated carbocycles. The number of sulfone groups is 1. The Balaban J connectivity index is 2.16. The van der Waals surface area contributed by atoms with Gasteiger partial charge in [-0.25, -0.2) is 8.42 Å². The molecule has 2 heterocycles. The highest BCUT2D eigenvalue weighted by Crippen LogP contribution is 2.18. The van der Waals surface area contributed by atoms with E-state index < -0.39 is 9.84 Å². The van der Waals surface area contributed by atoms with E-state index in [1.54, 1.807) is 6.92 Å². The summed E-state index contributed by atoms with van der Waals surface area (Å²) in [5.41, 5.74) is 7.14. The molecule has 1 unspecified atom stereocenters. The van der Waals surface area contributed by atoms with E-state index in [0.717, 1.165) is 0 Å². The highest BCUT2D eigenvalue weighted by Gasteiger charge is 2.28. The van der Waals surface area contributed by atoms with E-state index in [4.69, 9.17) is 5.73 Å². The number of nitrogens with one attached hydrogen (secondary N) is 1. The first kappa shape index (κ1) is 14.8. The van der Waals surface area contributed by atoms with Crippen molar-refractivity contribution in [1.82, 2.24) is 15.1 Å². The van der Waals surface area contributed by atoms with E-state index in [-0.39, 0.29) is 23.5 Å². The third-order valence-electron chi connectivity index (χ3n) is 3.49. The maximum absolute atomic E-state index is 12.3. The summed E-state index contributed by atoms with van der Waals surface area (Å²) in [5, 5.41) is 6.94. The number of nitrogen functional groups attached to an aromatic ring is 1.